The van der Waals surface area contributed by atoms with Gasteiger partial charge in [-0.15, -0.1) is 5.06 Å². The molecule has 2 saturated heterocycles. The van der Waals surface area contributed by atoms with Gasteiger partial charge in [0.1, 0.15) is 5.76 Å². The standard InChI is InChI=1S/C21H38N4O/c1-6-7-19(5)26-25-17(3)12-21(13-18(25)4)24-10-8-20(9-11-24)23-15-16(2)14-22/h14-15,17-18,20-21H,5-13,22H2,1-4H3/b16-14-,23-15?. The van der Waals surface area contributed by atoms with Crippen LogP contribution in [-0.4, -0.2) is 53.4 Å². The molecule has 0 aromatic carbocycles. The topological polar surface area (TPSA) is 54.1 Å². The number of piperidine rings is 2. The zero-order valence-electron chi connectivity index (χ0n) is 17.2. The van der Waals surface area contributed by atoms with Gasteiger partial charge in [-0.2, -0.15) is 0 Å². The van der Waals surface area contributed by atoms with Gasteiger partial charge in [0.2, 0.25) is 0 Å². The van der Waals surface area contributed by atoms with Crippen molar-refractivity contribution in [3.05, 3.63) is 24.1 Å². The number of likely N-dealkylation sites (tertiary alicyclic amines) is 1. The van der Waals surface area contributed by atoms with Crippen molar-refractivity contribution >= 4 is 6.21 Å². The normalized spacial score (nSPS) is 30.0. The van der Waals surface area contributed by atoms with Crippen molar-refractivity contribution in [3.8, 4) is 0 Å². The summed E-state index contributed by atoms with van der Waals surface area (Å²) in [4.78, 5) is 13.4. The Balaban J connectivity index is 1.83. The first-order valence-electron chi connectivity index (χ1n) is 10.2. The first-order valence-corrected chi connectivity index (χ1v) is 10.2. The minimum atomic E-state index is 0.422. The van der Waals surface area contributed by atoms with Crippen molar-refractivity contribution in [2.45, 2.75) is 90.4 Å². The fraction of sp³-hybridized carbons (Fsp3) is 0.762. The van der Waals surface area contributed by atoms with Crippen LogP contribution in [0.2, 0.25) is 0 Å². The number of nitrogens with zero attached hydrogens (tertiary/aromatic N) is 3. The van der Waals surface area contributed by atoms with Crippen molar-refractivity contribution in [1.82, 2.24) is 9.96 Å². The fourth-order valence-corrected chi connectivity index (χ4v) is 4.14. The van der Waals surface area contributed by atoms with Gasteiger partial charge in [-0.3, -0.25) is 4.99 Å². The highest BCUT2D eigenvalue weighted by Crippen LogP contribution is 2.30. The molecule has 0 saturated carbocycles. The van der Waals surface area contributed by atoms with Gasteiger partial charge in [-0.05, 0) is 64.6 Å². The van der Waals surface area contributed by atoms with Crippen molar-refractivity contribution in [3.63, 3.8) is 0 Å². The Bertz CT molecular complexity index is 496. The van der Waals surface area contributed by atoms with Crippen LogP contribution < -0.4 is 5.73 Å². The van der Waals surface area contributed by atoms with E-state index in [4.69, 9.17) is 10.6 Å². The summed E-state index contributed by atoms with van der Waals surface area (Å²) in [7, 11) is 0. The van der Waals surface area contributed by atoms with Crippen molar-refractivity contribution in [2.75, 3.05) is 13.1 Å². The lowest BCUT2D eigenvalue weighted by Gasteiger charge is -2.46. The van der Waals surface area contributed by atoms with E-state index in [1.54, 1.807) is 6.20 Å². The SMILES string of the molecule is C=C(CCC)ON1C(C)CC(N2CCC(N=C/C(C)=C\N)CC2)CC1C. The molecule has 0 aromatic rings. The van der Waals surface area contributed by atoms with Crippen LogP contribution in [0.25, 0.3) is 0 Å². The summed E-state index contributed by atoms with van der Waals surface area (Å²) in [6.07, 6.45) is 10.2. The van der Waals surface area contributed by atoms with Crippen LogP contribution in [0, 0.1) is 0 Å². The van der Waals surface area contributed by atoms with Gasteiger partial charge in [0.25, 0.3) is 0 Å². The van der Waals surface area contributed by atoms with Crippen LogP contribution in [0.4, 0.5) is 0 Å². The number of allylic oxidation sites excluding steroid dienone is 2. The third kappa shape index (κ3) is 5.85. The minimum Gasteiger partial charge on any atom is -0.411 e. The molecular formula is C21H38N4O. The Kier molecular flexibility index (Phi) is 8.16. The maximum absolute atomic E-state index is 6.06. The molecule has 2 aliphatic rings. The third-order valence-corrected chi connectivity index (χ3v) is 5.63. The first-order chi connectivity index (χ1) is 12.4. The molecule has 0 aliphatic carbocycles. The number of hydroxylamine groups is 2. The van der Waals surface area contributed by atoms with Crippen molar-refractivity contribution in [2.24, 2.45) is 10.7 Å². The van der Waals surface area contributed by atoms with Crippen molar-refractivity contribution in [1.29, 1.82) is 0 Å². The molecule has 0 radical (unpaired) electrons. The molecule has 2 aliphatic heterocycles. The number of hydrogen-bond acceptors (Lipinski definition) is 5. The second-order valence-electron chi connectivity index (χ2n) is 8.02. The molecule has 26 heavy (non-hydrogen) atoms. The number of rotatable bonds is 7. The summed E-state index contributed by atoms with van der Waals surface area (Å²) >= 11 is 0. The molecule has 0 aromatic heterocycles. The molecular weight excluding hydrogens is 324 g/mol. The lowest BCUT2D eigenvalue weighted by Crippen LogP contribution is -2.54. The Morgan fingerprint density at radius 3 is 2.38 bits per heavy atom. The molecule has 2 unspecified atom stereocenters. The van der Waals surface area contributed by atoms with E-state index in [2.05, 4.69) is 42.3 Å². The van der Waals surface area contributed by atoms with Crippen LogP contribution in [-0.2, 0) is 4.84 Å². The maximum atomic E-state index is 6.06. The van der Waals surface area contributed by atoms with Gasteiger partial charge in [-0.25, -0.2) is 0 Å². The molecule has 2 N–H and O–H groups in total. The molecule has 2 fully saturated rings. The summed E-state index contributed by atoms with van der Waals surface area (Å²) in [5, 5.41) is 2.17. The van der Waals surface area contributed by atoms with Crippen LogP contribution in [0.15, 0.2) is 29.1 Å². The fourth-order valence-electron chi connectivity index (χ4n) is 4.14. The monoisotopic (exact) mass is 362 g/mol. The van der Waals surface area contributed by atoms with E-state index in [-0.39, 0.29) is 0 Å². The zero-order valence-corrected chi connectivity index (χ0v) is 17.2. The van der Waals surface area contributed by atoms with Crippen LogP contribution in [0.3, 0.4) is 0 Å². The molecule has 0 bridgehead atoms. The highest BCUT2D eigenvalue weighted by Gasteiger charge is 2.36. The summed E-state index contributed by atoms with van der Waals surface area (Å²) in [6.45, 7) is 15.1. The Hall–Kier alpha value is -1.33. The van der Waals surface area contributed by atoms with E-state index in [1.807, 2.05) is 13.1 Å². The first kappa shape index (κ1) is 21.0. The van der Waals surface area contributed by atoms with E-state index in [0.717, 1.165) is 62.9 Å². The lowest BCUT2D eigenvalue weighted by atomic mass is 9.91. The molecule has 0 spiro atoms. The van der Waals surface area contributed by atoms with E-state index in [0.29, 0.717) is 24.2 Å². The molecule has 0 amide bonds. The van der Waals surface area contributed by atoms with Crippen LogP contribution in [0.5, 0.6) is 0 Å². The Labute approximate surface area is 159 Å². The van der Waals surface area contributed by atoms with E-state index in [9.17, 15) is 0 Å². The van der Waals surface area contributed by atoms with E-state index >= 15 is 0 Å². The molecule has 5 nitrogen and oxygen atoms in total. The summed E-state index contributed by atoms with van der Waals surface area (Å²) in [5.74, 6) is 0.894. The van der Waals surface area contributed by atoms with Gasteiger partial charge in [0.05, 0.1) is 6.04 Å². The summed E-state index contributed by atoms with van der Waals surface area (Å²) < 4.78 is 0. The van der Waals surface area contributed by atoms with Gasteiger partial charge in [-0.1, -0.05) is 13.5 Å². The highest BCUT2D eigenvalue weighted by molar-refractivity contribution is 5.77. The second-order valence-corrected chi connectivity index (χ2v) is 8.02. The summed E-state index contributed by atoms with van der Waals surface area (Å²) in [5.41, 5.74) is 6.54. The minimum absolute atomic E-state index is 0.422. The second kappa shape index (κ2) is 10.1. The average Bonchev–Trinajstić information content (AvgIpc) is 2.63. The van der Waals surface area contributed by atoms with Gasteiger partial charge >= 0.3 is 0 Å². The molecule has 2 atom stereocenters. The largest absolute Gasteiger partial charge is 0.411 e. The summed E-state index contributed by atoms with van der Waals surface area (Å²) in [6, 6.07) is 1.93. The van der Waals surface area contributed by atoms with E-state index in [1.165, 1.54) is 0 Å². The number of hydrogen-bond donors (Lipinski definition) is 1. The van der Waals surface area contributed by atoms with Gasteiger partial charge in [0.15, 0.2) is 0 Å². The molecule has 5 heteroatoms. The number of nitrogens with two attached hydrogens (primary N) is 1. The van der Waals surface area contributed by atoms with Crippen molar-refractivity contribution < 1.29 is 4.84 Å². The number of aliphatic imine (C=N–C) groups is 1. The maximum Gasteiger partial charge on any atom is 0.117 e. The van der Waals surface area contributed by atoms with Gasteiger partial charge < -0.3 is 15.5 Å². The molecule has 2 heterocycles. The Morgan fingerprint density at radius 2 is 1.85 bits per heavy atom. The highest BCUT2D eigenvalue weighted by atomic mass is 16.7. The predicted molar refractivity (Wildman–Crippen MR) is 110 cm³/mol. The van der Waals surface area contributed by atoms with Crippen LogP contribution >= 0.6 is 0 Å². The molecule has 2 rings (SSSR count). The van der Waals surface area contributed by atoms with E-state index < -0.39 is 0 Å². The zero-order chi connectivity index (χ0) is 19.1. The van der Waals surface area contributed by atoms with Crippen LogP contribution in [0.1, 0.15) is 66.2 Å². The Morgan fingerprint density at radius 1 is 1.23 bits per heavy atom. The average molecular weight is 363 g/mol. The van der Waals surface area contributed by atoms with Gasteiger partial charge in [0, 0.05) is 43.9 Å². The third-order valence-electron chi connectivity index (χ3n) is 5.63. The predicted octanol–water partition coefficient (Wildman–Crippen LogP) is 3.87. The quantitative estimate of drug-likeness (QED) is 0.552. The smallest absolute Gasteiger partial charge is 0.117 e. The lowest BCUT2D eigenvalue weighted by molar-refractivity contribution is -0.199. The molecule has 148 valence electrons.